The second kappa shape index (κ2) is 5.78. The number of allylic oxidation sites excluding steroid dienone is 1. The maximum absolute atomic E-state index is 10.7. The van der Waals surface area contributed by atoms with Crippen LogP contribution in [0.25, 0.3) is 0 Å². The van der Waals surface area contributed by atoms with Crippen LogP contribution in [0.1, 0.15) is 20.8 Å². The monoisotopic (exact) mass is 533 g/mol. The van der Waals surface area contributed by atoms with Crippen molar-refractivity contribution in [1.82, 2.24) is 0 Å². The predicted molar refractivity (Wildman–Crippen MR) is 49.4 cm³/mol. The van der Waals surface area contributed by atoms with Gasteiger partial charge < -0.3 is 0 Å². The molecule has 0 aromatic heterocycles. The van der Waals surface area contributed by atoms with Crippen LogP contribution < -0.4 is 0 Å². The van der Waals surface area contributed by atoms with E-state index < -0.39 is 5.97 Å². The van der Waals surface area contributed by atoms with Gasteiger partial charge in [0.2, 0.25) is 0 Å². The van der Waals surface area contributed by atoms with Crippen LogP contribution >= 0.6 is 0 Å². The van der Waals surface area contributed by atoms with Gasteiger partial charge in [0.25, 0.3) is 0 Å². The van der Waals surface area contributed by atoms with Gasteiger partial charge in [0, 0.05) is 0 Å². The molecule has 0 aliphatic carbocycles. The van der Waals surface area contributed by atoms with E-state index in [1.807, 2.05) is 20.8 Å². The van der Waals surface area contributed by atoms with E-state index in [0.717, 1.165) is 13.4 Å². The summed E-state index contributed by atoms with van der Waals surface area (Å²) in [7, 11) is 0. The fourth-order valence-electron chi connectivity index (χ4n) is 0.911. The van der Waals surface area contributed by atoms with Crippen molar-refractivity contribution in [1.29, 1.82) is 5.41 Å². The summed E-state index contributed by atoms with van der Waals surface area (Å²) >= 11 is 2.51. The van der Waals surface area contributed by atoms with Gasteiger partial charge in [0.1, 0.15) is 0 Å². The third-order valence-electron chi connectivity index (χ3n) is 1.72. The van der Waals surface area contributed by atoms with E-state index in [1.165, 1.54) is 38.7 Å². The molecule has 3 nitrogen and oxygen atoms in total. The molecule has 0 rings (SSSR count). The first-order chi connectivity index (χ1) is 6.29. The molecule has 76 valence electrons. The van der Waals surface area contributed by atoms with E-state index in [0.29, 0.717) is 5.57 Å². The third-order valence-corrected chi connectivity index (χ3v) is 3.55. The van der Waals surface area contributed by atoms with Crippen molar-refractivity contribution in [2.24, 2.45) is 0 Å². The van der Waals surface area contributed by atoms with Crippen LogP contribution in [0.15, 0.2) is 11.1 Å². The first-order valence-electron chi connectivity index (χ1n) is 3.84. The van der Waals surface area contributed by atoms with Crippen molar-refractivity contribution in [3.8, 4) is 0 Å². The van der Waals surface area contributed by atoms with Crippen molar-refractivity contribution < 1.29 is 48.6 Å². The number of carboxylic acids is 1. The van der Waals surface area contributed by atoms with E-state index in [9.17, 15) is 4.79 Å². The Balaban J connectivity index is 5.48. The number of hydrogen-bond acceptors (Lipinski definition) is 2. The molecule has 0 amide bonds. The van der Waals surface area contributed by atoms with E-state index in [1.54, 1.807) is 0 Å². The van der Waals surface area contributed by atoms with Gasteiger partial charge in [-0.1, -0.05) is 0 Å². The van der Waals surface area contributed by atoms with Gasteiger partial charge in [0.15, 0.2) is 0 Å². The van der Waals surface area contributed by atoms with E-state index in [-0.39, 0.29) is 5.71 Å². The number of aliphatic carboxylic acids is 1. The fraction of sp³-hybridized carbons (Fsp3) is 0.333. The molecule has 0 unspecified atom stereocenters. The zero-order valence-electron chi connectivity index (χ0n) is 8.17. The number of hydrogen-bond donors (Lipinski definition) is 2. The van der Waals surface area contributed by atoms with Gasteiger partial charge >= 0.3 is 105 Å². The molecule has 0 aromatic carbocycles. The van der Waals surface area contributed by atoms with Gasteiger partial charge in [-0.05, 0) is 0 Å². The van der Waals surface area contributed by atoms with Gasteiger partial charge in [-0.2, -0.15) is 0 Å². The molecule has 0 saturated carbocycles. The molecule has 0 atom stereocenters. The molecule has 0 aliphatic heterocycles. The Morgan fingerprint density at radius 2 is 1.57 bits per heavy atom. The Hall–Kier alpha value is -0.00338. The summed E-state index contributed by atoms with van der Waals surface area (Å²) in [4.78, 5) is 10.7. The zero-order chi connectivity index (χ0) is 11.5. The molecule has 0 spiro atoms. The minimum absolute atomic E-state index is 0.296. The molecular weight excluding hydrogens is 522 g/mol. The van der Waals surface area contributed by atoms with Crippen LogP contribution in [-0.4, -0.2) is 24.6 Å². The van der Waals surface area contributed by atoms with Gasteiger partial charge in [-0.3, -0.25) is 0 Å². The van der Waals surface area contributed by atoms with Crippen molar-refractivity contribution in [3.05, 3.63) is 11.1 Å². The summed E-state index contributed by atoms with van der Waals surface area (Å²) < 4.78 is 2.09. The van der Waals surface area contributed by atoms with Crippen LogP contribution in [0, 0.1) is 5.41 Å². The van der Waals surface area contributed by atoms with E-state index in [2.05, 4.69) is 0 Å². The van der Waals surface area contributed by atoms with Crippen LogP contribution in [0.5, 0.6) is 0 Å². The summed E-state index contributed by atoms with van der Waals surface area (Å²) in [5, 5.41) is 16.3. The van der Waals surface area contributed by atoms with E-state index >= 15 is 0 Å². The normalized spacial score (nSPS) is 11.6. The van der Waals surface area contributed by atoms with Gasteiger partial charge in [-0.25, -0.2) is 0 Å². The molecule has 0 heterocycles. The average Bonchev–Trinajstić information content (AvgIpc) is 2.03. The zero-order valence-corrected chi connectivity index (χ0v) is 14.0. The van der Waals surface area contributed by atoms with Gasteiger partial charge in [-0.15, -0.1) is 0 Å². The Labute approximate surface area is 105 Å². The number of carboxylic acid groups (broad SMARTS) is 1. The SMILES string of the molecule is C[C](=[W])C(C)=C(C(=N)C(=O)O)[C](C)=[W]. The number of carbonyl (C=O) groups is 1. The maximum atomic E-state index is 10.7. The van der Waals surface area contributed by atoms with Crippen molar-refractivity contribution >= 4 is 19.5 Å². The molecular formula is C9H11NO2W2. The van der Waals surface area contributed by atoms with Crippen molar-refractivity contribution in [2.75, 3.05) is 0 Å². The second-order valence-electron chi connectivity index (χ2n) is 2.79. The summed E-state index contributed by atoms with van der Waals surface area (Å²) in [6.07, 6.45) is 0. The Morgan fingerprint density at radius 3 is 1.79 bits per heavy atom. The second-order valence-corrected chi connectivity index (χ2v) is 7.19. The molecule has 0 aromatic rings. The molecule has 5 heteroatoms. The molecule has 0 bridgehead atoms. The molecule has 0 radical (unpaired) electrons. The number of rotatable bonds is 4. The van der Waals surface area contributed by atoms with Gasteiger partial charge in [0.05, 0.1) is 0 Å². The average molecular weight is 533 g/mol. The fourth-order valence-corrected chi connectivity index (χ4v) is 2.19. The molecule has 0 fully saturated rings. The topological polar surface area (TPSA) is 61.2 Å². The molecule has 2 N–H and O–H groups in total. The Kier molecular flexibility index (Phi) is 5.77. The minimum atomic E-state index is -1.16. The summed E-state index contributed by atoms with van der Waals surface area (Å²) in [5.41, 5.74) is 1.23. The van der Waals surface area contributed by atoms with E-state index in [4.69, 9.17) is 10.5 Å². The van der Waals surface area contributed by atoms with Crippen LogP contribution in [-0.2, 0) is 43.5 Å². The molecule has 0 saturated heterocycles. The quantitative estimate of drug-likeness (QED) is 0.529. The van der Waals surface area contributed by atoms with Crippen LogP contribution in [0.2, 0.25) is 0 Å². The molecule has 0 aliphatic rings. The summed E-state index contributed by atoms with van der Waals surface area (Å²) in [5.74, 6) is -1.16. The predicted octanol–water partition coefficient (Wildman–Crippen LogP) is 0.885. The van der Waals surface area contributed by atoms with Crippen LogP contribution in [0.4, 0.5) is 0 Å². The van der Waals surface area contributed by atoms with Crippen molar-refractivity contribution in [2.45, 2.75) is 20.8 Å². The van der Waals surface area contributed by atoms with Crippen LogP contribution in [0.3, 0.4) is 0 Å². The first-order valence-corrected chi connectivity index (χ1v) is 6.77. The number of nitrogens with one attached hydrogen (secondary N) is 1. The Bertz CT molecular complexity index is 356. The summed E-state index contributed by atoms with van der Waals surface area (Å²) in [6, 6.07) is 0. The molecule has 14 heavy (non-hydrogen) atoms. The Morgan fingerprint density at radius 1 is 1.14 bits per heavy atom. The van der Waals surface area contributed by atoms with Crippen molar-refractivity contribution in [3.63, 3.8) is 0 Å². The third kappa shape index (κ3) is 3.63. The summed E-state index contributed by atoms with van der Waals surface area (Å²) in [6.45, 7) is 5.70. The standard InChI is InChI=1S/C9H11NO2.2W/c1-4-6(3)7(5-2)8(10)9(11)12;;/h10H,1-3H3,(H,11,12);;. The first kappa shape index (κ1) is 14.0.